The minimum absolute atomic E-state index is 0. The predicted molar refractivity (Wildman–Crippen MR) is 96.4 cm³/mol. The zero-order valence-electron chi connectivity index (χ0n) is 14.6. The SMILES string of the molecule is CCCOCC(O)COc1ccc(NC(=O)CC[S+](C)C)cc1.[I-]. The molecule has 5 nitrogen and oxygen atoms in total. The summed E-state index contributed by atoms with van der Waals surface area (Å²) in [5, 5.41) is 12.6. The van der Waals surface area contributed by atoms with Gasteiger partial charge in [0, 0.05) is 12.3 Å². The first kappa shape index (κ1) is 23.5. The number of aliphatic hydroxyl groups is 1. The van der Waals surface area contributed by atoms with Crippen LogP contribution in [0, 0.1) is 0 Å². The quantitative estimate of drug-likeness (QED) is 0.250. The molecule has 0 spiro atoms. The average molecular weight is 469 g/mol. The number of benzene rings is 1. The molecule has 1 amide bonds. The molecule has 0 aliphatic carbocycles. The normalized spacial score (nSPS) is 11.7. The molecule has 0 fully saturated rings. The summed E-state index contributed by atoms with van der Waals surface area (Å²) in [5.41, 5.74) is 0.751. The predicted octanol–water partition coefficient (Wildman–Crippen LogP) is -0.937. The highest BCUT2D eigenvalue weighted by atomic mass is 127. The van der Waals surface area contributed by atoms with Crippen LogP contribution < -0.4 is 34.0 Å². The summed E-state index contributed by atoms with van der Waals surface area (Å²) in [7, 11) is 0.277. The Labute approximate surface area is 164 Å². The summed E-state index contributed by atoms with van der Waals surface area (Å²) in [6.45, 7) is 3.12. The van der Waals surface area contributed by atoms with Gasteiger partial charge in [-0.05, 0) is 41.6 Å². The highest BCUT2D eigenvalue weighted by molar-refractivity contribution is 7.95. The number of hydrogen-bond donors (Lipinski definition) is 2. The molecule has 7 heteroatoms. The van der Waals surface area contributed by atoms with Crippen molar-refractivity contribution in [1.82, 2.24) is 0 Å². The summed E-state index contributed by atoms with van der Waals surface area (Å²) in [6.07, 6.45) is 5.08. The van der Waals surface area contributed by atoms with E-state index in [9.17, 15) is 9.90 Å². The number of nitrogens with one attached hydrogen (secondary N) is 1. The standard InChI is InChI=1S/C17H27NO4S.HI/c1-4-10-21-12-15(19)13-22-16-7-5-14(6-8-16)18-17(20)9-11-23(2)3;/h5-8,15,19H,4,9-13H2,1-3H3;1H. The molecule has 0 radical (unpaired) electrons. The summed E-state index contributed by atoms with van der Waals surface area (Å²) >= 11 is 0. The number of halogens is 1. The molecule has 0 saturated heterocycles. The average Bonchev–Trinajstić information content (AvgIpc) is 2.52. The van der Waals surface area contributed by atoms with Crippen molar-refractivity contribution in [2.45, 2.75) is 25.9 Å². The second kappa shape index (κ2) is 13.7. The minimum atomic E-state index is -0.641. The Kier molecular flexibility index (Phi) is 13.5. The van der Waals surface area contributed by atoms with Crippen LogP contribution in [0.3, 0.4) is 0 Å². The van der Waals surface area contributed by atoms with E-state index in [1.807, 2.05) is 6.92 Å². The highest BCUT2D eigenvalue weighted by Crippen LogP contribution is 2.16. The largest absolute Gasteiger partial charge is 1.00 e. The molecule has 1 atom stereocenters. The van der Waals surface area contributed by atoms with Crippen LogP contribution in [-0.4, -0.2) is 55.2 Å². The van der Waals surface area contributed by atoms with Crippen LogP contribution in [0.5, 0.6) is 5.75 Å². The van der Waals surface area contributed by atoms with Crippen LogP contribution in [-0.2, 0) is 20.4 Å². The molecule has 0 heterocycles. The van der Waals surface area contributed by atoms with Gasteiger partial charge in [0.05, 0.1) is 25.5 Å². The van der Waals surface area contributed by atoms with Crippen LogP contribution in [0.25, 0.3) is 0 Å². The molecule has 1 aromatic rings. The number of rotatable bonds is 11. The first-order valence-corrected chi connectivity index (χ1v) is 10.0. The van der Waals surface area contributed by atoms with Gasteiger partial charge in [-0.25, -0.2) is 0 Å². The Hall–Kier alpha value is -0.510. The molecule has 0 aliphatic heterocycles. The first-order valence-electron chi connectivity index (χ1n) is 7.84. The number of aliphatic hydroxyl groups excluding tert-OH is 1. The van der Waals surface area contributed by atoms with Crippen molar-refractivity contribution < 1.29 is 43.4 Å². The van der Waals surface area contributed by atoms with Gasteiger partial charge in [-0.15, -0.1) is 0 Å². The molecule has 0 saturated carbocycles. The van der Waals surface area contributed by atoms with Crippen molar-refractivity contribution in [3.8, 4) is 5.75 Å². The van der Waals surface area contributed by atoms with Gasteiger partial charge in [-0.3, -0.25) is 4.79 Å². The molecular weight excluding hydrogens is 441 g/mol. The van der Waals surface area contributed by atoms with Crippen LogP contribution in [0.1, 0.15) is 19.8 Å². The molecule has 1 rings (SSSR count). The monoisotopic (exact) mass is 469 g/mol. The van der Waals surface area contributed by atoms with Gasteiger partial charge in [0.2, 0.25) is 5.91 Å². The van der Waals surface area contributed by atoms with E-state index in [0.717, 1.165) is 17.9 Å². The van der Waals surface area contributed by atoms with E-state index in [1.54, 1.807) is 24.3 Å². The van der Waals surface area contributed by atoms with E-state index in [2.05, 4.69) is 17.8 Å². The molecule has 138 valence electrons. The smallest absolute Gasteiger partial charge is 0.229 e. The molecule has 24 heavy (non-hydrogen) atoms. The third kappa shape index (κ3) is 11.1. The summed E-state index contributed by atoms with van der Waals surface area (Å²) in [6, 6.07) is 7.15. The van der Waals surface area contributed by atoms with Gasteiger partial charge in [-0.2, -0.15) is 0 Å². The Morgan fingerprint density at radius 1 is 1.25 bits per heavy atom. The van der Waals surface area contributed by atoms with E-state index in [1.165, 1.54) is 0 Å². The Bertz CT molecular complexity index is 456. The molecule has 2 N–H and O–H groups in total. The lowest BCUT2D eigenvalue weighted by molar-refractivity contribution is -0.115. The van der Waals surface area contributed by atoms with E-state index in [4.69, 9.17) is 9.47 Å². The molecule has 0 bridgehead atoms. The summed E-state index contributed by atoms with van der Waals surface area (Å²) < 4.78 is 10.8. The third-order valence-corrected chi connectivity index (χ3v) is 4.00. The Morgan fingerprint density at radius 3 is 2.50 bits per heavy atom. The fourth-order valence-electron chi connectivity index (χ4n) is 1.76. The second-order valence-corrected chi connectivity index (χ2v) is 7.93. The van der Waals surface area contributed by atoms with E-state index < -0.39 is 6.10 Å². The number of amides is 1. The van der Waals surface area contributed by atoms with Crippen molar-refractivity contribution in [2.24, 2.45) is 0 Å². The maximum Gasteiger partial charge on any atom is 0.229 e. The van der Waals surface area contributed by atoms with Gasteiger partial charge >= 0.3 is 0 Å². The molecule has 1 unspecified atom stereocenters. The molecule has 1 aromatic carbocycles. The van der Waals surface area contributed by atoms with Crippen LogP contribution >= 0.6 is 0 Å². The fourth-order valence-corrected chi connectivity index (χ4v) is 2.35. The number of carbonyl (C=O) groups is 1. The van der Waals surface area contributed by atoms with Crippen LogP contribution in [0.4, 0.5) is 5.69 Å². The van der Waals surface area contributed by atoms with Gasteiger partial charge in [0.1, 0.15) is 24.2 Å². The van der Waals surface area contributed by atoms with Crippen molar-refractivity contribution in [3.63, 3.8) is 0 Å². The van der Waals surface area contributed by atoms with E-state index >= 15 is 0 Å². The Morgan fingerprint density at radius 2 is 1.92 bits per heavy atom. The number of ether oxygens (including phenoxy) is 2. The molecule has 0 aliphatic rings. The number of carbonyl (C=O) groups excluding carboxylic acids is 1. The van der Waals surface area contributed by atoms with Gasteiger partial charge in [0.15, 0.2) is 0 Å². The van der Waals surface area contributed by atoms with Crippen molar-refractivity contribution in [1.29, 1.82) is 0 Å². The topological polar surface area (TPSA) is 67.8 Å². The van der Waals surface area contributed by atoms with Crippen LogP contribution in [0.15, 0.2) is 24.3 Å². The van der Waals surface area contributed by atoms with Gasteiger partial charge in [0.25, 0.3) is 0 Å². The number of anilines is 1. The maximum atomic E-state index is 11.8. The maximum absolute atomic E-state index is 11.8. The lowest BCUT2D eigenvalue weighted by Gasteiger charge is -2.13. The zero-order chi connectivity index (χ0) is 17.1. The molecular formula is C17H28INO4S. The summed E-state index contributed by atoms with van der Waals surface area (Å²) in [4.78, 5) is 11.8. The van der Waals surface area contributed by atoms with Crippen LogP contribution in [0.2, 0.25) is 0 Å². The minimum Gasteiger partial charge on any atom is -1.00 e. The van der Waals surface area contributed by atoms with Crippen molar-refractivity contribution in [3.05, 3.63) is 24.3 Å². The lowest BCUT2D eigenvalue weighted by Crippen LogP contribution is -3.00. The highest BCUT2D eigenvalue weighted by Gasteiger charge is 2.09. The lowest BCUT2D eigenvalue weighted by atomic mass is 10.3. The van der Waals surface area contributed by atoms with Gasteiger partial charge in [-0.1, -0.05) is 6.92 Å². The number of hydrogen-bond acceptors (Lipinski definition) is 4. The summed E-state index contributed by atoms with van der Waals surface area (Å²) in [5.74, 6) is 1.59. The van der Waals surface area contributed by atoms with E-state index in [0.29, 0.717) is 18.8 Å². The second-order valence-electron chi connectivity index (χ2n) is 5.55. The fraction of sp³-hybridized carbons (Fsp3) is 0.588. The van der Waals surface area contributed by atoms with E-state index in [-0.39, 0.29) is 54.0 Å². The van der Waals surface area contributed by atoms with Crippen molar-refractivity contribution in [2.75, 3.05) is 43.4 Å². The zero-order valence-corrected chi connectivity index (χ0v) is 17.6. The van der Waals surface area contributed by atoms with Gasteiger partial charge < -0.3 is 43.9 Å². The first-order chi connectivity index (χ1) is 11.0. The Balaban J connectivity index is 0.00000529. The molecule has 0 aromatic heterocycles. The third-order valence-electron chi connectivity index (χ3n) is 2.98. The van der Waals surface area contributed by atoms with Crippen molar-refractivity contribution >= 4 is 22.5 Å².